The van der Waals surface area contributed by atoms with Gasteiger partial charge in [0.1, 0.15) is 40.5 Å². The van der Waals surface area contributed by atoms with Gasteiger partial charge in [-0.05, 0) is 63.6 Å². The molecule has 0 unspecified atom stereocenters. The summed E-state index contributed by atoms with van der Waals surface area (Å²) in [6, 6.07) is 6.03. The molecule has 0 radical (unpaired) electrons. The van der Waals surface area contributed by atoms with Gasteiger partial charge in [0.15, 0.2) is 15.6 Å². The predicted molar refractivity (Wildman–Crippen MR) is 192 cm³/mol. The van der Waals surface area contributed by atoms with Gasteiger partial charge in [0.2, 0.25) is 11.8 Å². The number of Topliss-reactive ketones (excluding diaryl/α,β-unsaturated/α-hetero) is 1. The Labute approximate surface area is 300 Å². The number of ether oxygens (including phenoxy) is 3. The molecule has 0 spiro atoms. The standard InChI is InChI=1S/C38H51N3O9S/c1-9-23-20-38(23,32(42)22-51(46,47)26-11-10-12-26)40-34(44)30-18-25(49-31-15-16-39-29-17-24(48-8)13-14-27(29)31)21-41(30)35(45)28(36(2,3)4)19-33(43)50-37(5,6)7/h9,13-17,23,25-26,28,30H,1,10-12,18-22H2,2-8H3,(H,40,44)/t23-,25-,28-,30+,38-/m1/s1. The lowest BCUT2D eigenvalue weighted by Crippen LogP contribution is -2.55. The number of sulfone groups is 1. The largest absolute Gasteiger partial charge is 0.497 e. The van der Waals surface area contributed by atoms with Crippen molar-refractivity contribution in [3.8, 4) is 11.5 Å². The number of rotatable bonds is 13. The van der Waals surface area contributed by atoms with E-state index in [9.17, 15) is 27.6 Å². The quantitative estimate of drug-likeness (QED) is 0.229. The minimum atomic E-state index is -3.67. The van der Waals surface area contributed by atoms with Crippen LogP contribution < -0.4 is 14.8 Å². The highest BCUT2D eigenvalue weighted by molar-refractivity contribution is 7.92. The smallest absolute Gasteiger partial charge is 0.307 e. The Bertz CT molecular complexity index is 1810. The second-order valence-corrected chi connectivity index (χ2v) is 18.5. The molecule has 5 atom stereocenters. The van der Waals surface area contributed by atoms with Crippen LogP contribution in [0.5, 0.6) is 11.5 Å². The number of nitrogens with one attached hydrogen (secondary N) is 1. The molecule has 1 aliphatic heterocycles. The van der Waals surface area contributed by atoms with E-state index in [-0.39, 0.29) is 25.8 Å². The van der Waals surface area contributed by atoms with Gasteiger partial charge in [-0.1, -0.05) is 33.3 Å². The van der Waals surface area contributed by atoms with Crippen LogP contribution in [-0.4, -0.2) is 89.8 Å². The van der Waals surface area contributed by atoms with Crippen LogP contribution in [0.4, 0.5) is 0 Å². The van der Waals surface area contributed by atoms with Crippen molar-refractivity contribution in [1.82, 2.24) is 15.2 Å². The van der Waals surface area contributed by atoms with Gasteiger partial charge >= 0.3 is 5.97 Å². The predicted octanol–water partition coefficient (Wildman–Crippen LogP) is 4.58. The normalized spacial score (nSPS) is 24.3. The third-order valence-corrected chi connectivity index (χ3v) is 12.4. The first kappa shape index (κ1) is 38.2. The molecule has 5 rings (SSSR count). The van der Waals surface area contributed by atoms with Crippen molar-refractivity contribution in [1.29, 1.82) is 0 Å². The minimum absolute atomic E-state index is 0.0275. The number of hydrogen-bond donors (Lipinski definition) is 1. The zero-order valence-electron chi connectivity index (χ0n) is 30.7. The molecule has 2 aromatic rings. The molecule has 2 amide bonds. The Hall–Kier alpha value is -4.00. The first-order valence-electron chi connectivity index (χ1n) is 17.6. The van der Waals surface area contributed by atoms with Gasteiger partial charge in [0.25, 0.3) is 0 Å². The summed E-state index contributed by atoms with van der Waals surface area (Å²) in [6.45, 7) is 14.7. The molecular formula is C38H51N3O9S. The molecule has 1 aromatic carbocycles. The SMILES string of the molecule is C=C[C@@H]1C[C@]1(NC(=O)[C@@H]1C[C@@H](Oc2ccnc3cc(OC)ccc23)CN1C(=O)[C@@H](CC(=O)OC(C)(C)C)C(C)(C)C)C(=O)CS(=O)(=O)C1CCC1. The summed E-state index contributed by atoms with van der Waals surface area (Å²) in [5.74, 6) is -2.96. The molecule has 3 aliphatic rings. The van der Waals surface area contributed by atoms with Gasteiger partial charge in [-0.2, -0.15) is 0 Å². The summed E-state index contributed by atoms with van der Waals surface area (Å²) in [4.78, 5) is 61.4. The Balaban J connectivity index is 1.44. The van der Waals surface area contributed by atoms with Gasteiger partial charge in [0, 0.05) is 30.0 Å². The van der Waals surface area contributed by atoms with E-state index in [4.69, 9.17) is 14.2 Å². The van der Waals surface area contributed by atoms with Crippen LogP contribution in [0.25, 0.3) is 10.9 Å². The number of benzene rings is 1. The van der Waals surface area contributed by atoms with Gasteiger partial charge in [-0.3, -0.25) is 24.2 Å². The van der Waals surface area contributed by atoms with Crippen LogP contribution in [0, 0.1) is 17.3 Å². The number of nitrogens with zero attached hydrogens (tertiary/aromatic N) is 2. The number of methoxy groups -OCH3 is 1. The van der Waals surface area contributed by atoms with Crippen molar-refractivity contribution in [2.24, 2.45) is 17.3 Å². The van der Waals surface area contributed by atoms with Crippen molar-refractivity contribution in [3.05, 3.63) is 43.1 Å². The molecule has 3 fully saturated rings. The monoisotopic (exact) mass is 725 g/mol. The van der Waals surface area contributed by atoms with E-state index in [1.54, 1.807) is 58.4 Å². The van der Waals surface area contributed by atoms with E-state index >= 15 is 0 Å². The van der Waals surface area contributed by atoms with E-state index in [0.717, 1.165) is 6.42 Å². The topological polar surface area (TPSA) is 158 Å². The molecule has 51 heavy (non-hydrogen) atoms. The van der Waals surface area contributed by atoms with Gasteiger partial charge < -0.3 is 24.4 Å². The molecule has 1 aromatic heterocycles. The van der Waals surface area contributed by atoms with E-state index < -0.39 is 84.9 Å². The molecule has 0 bridgehead atoms. The zero-order chi connectivity index (χ0) is 37.5. The molecule has 2 aliphatic carbocycles. The number of hydrogen-bond acceptors (Lipinski definition) is 10. The van der Waals surface area contributed by atoms with Crippen LogP contribution in [0.3, 0.4) is 0 Å². The zero-order valence-corrected chi connectivity index (χ0v) is 31.5. The summed E-state index contributed by atoms with van der Waals surface area (Å²) in [7, 11) is -2.11. The third kappa shape index (κ3) is 8.39. The molecule has 2 heterocycles. The fourth-order valence-corrected chi connectivity index (χ4v) is 8.88. The Morgan fingerprint density at radius 1 is 1.12 bits per heavy atom. The molecule has 12 nitrogen and oxygen atoms in total. The number of likely N-dealkylation sites (tertiary alicyclic amines) is 1. The molecular weight excluding hydrogens is 674 g/mol. The number of amides is 2. The molecule has 278 valence electrons. The number of fused-ring (bicyclic) bond motifs is 1. The number of aromatic nitrogens is 1. The van der Waals surface area contributed by atoms with Crippen molar-refractivity contribution in [3.63, 3.8) is 0 Å². The fourth-order valence-electron chi connectivity index (χ4n) is 6.97. The maximum atomic E-state index is 14.5. The Morgan fingerprint density at radius 2 is 1.82 bits per heavy atom. The summed E-state index contributed by atoms with van der Waals surface area (Å²) < 4.78 is 43.4. The first-order chi connectivity index (χ1) is 23.8. The van der Waals surface area contributed by atoms with Crippen LogP contribution in [-0.2, 0) is 33.8 Å². The fraction of sp³-hybridized carbons (Fsp3) is 0.605. The highest BCUT2D eigenvalue weighted by Crippen LogP contribution is 2.46. The van der Waals surface area contributed by atoms with Gasteiger partial charge in [-0.15, -0.1) is 6.58 Å². The number of pyridine rings is 1. The summed E-state index contributed by atoms with van der Waals surface area (Å²) in [5.41, 5.74) is -2.23. The van der Waals surface area contributed by atoms with Crippen LogP contribution in [0.1, 0.15) is 80.1 Å². The van der Waals surface area contributed by atoms with Crippen molar-refractivity contribution in [2.75, 3.05) is 19.4 Å². The lowest BCUT2D eigenvalue weighted by atomic mass is 9.77. The van der Waals surface area contributed by atoms with Crippen LogP contribution in [0.2, 0.25) is 0 Å². The van der Waals surface area contributed by atoms with E-state index in [0.29, 0.717) is 35.2 Å². The van der Waals surface area contributed by atoms with Crippen LogP contribution in [0.15, 0.2) is 43.1 Å². The molecule has 1 saturated heterocycles. The first-order valence-corrected chi connectivity index (χ1v) is 19.3. The number of carbonyl (C=O) groups is 4. The average molecular weight is 726 g/mol. The van der Waals surface area contributed by atoms with Crippen LogP contribution >= 0.6 is 0 Å². The maximum Gasteiger partial charge on any atom is 0.307 e. The minimum Gasteiger partial charge on any atom is -0.497 e. The molecule has 1 N–H and O–H groups in total. The third-order valence-electron chi connectivity index (χ3n) is 10.2. The second kappa shape index (κ2) is 14.2. The summed E-state index contributed by atoms with van der Waals surface area (Å²) in [5, 5.41) is 3.05. The van der Waals surface area contributed by atoms with Gasteiger partial charge in [-0.25, -0.2) is 8.42 Å². The average Bonchev–Trinajstić information content (AvgIpc) is 3.55. The molecule has 2 saturated carbocycles. The van der Waals surface area contributed by atoms with Crippen molar-refractivity contribution < 1.29 is 41.8 Å². The van der Waals surface area contributed by atoms with Crippen molar-refractivity contribution >= 4 is 44.3 Å². The lowest BCUT2D eigenvalue weighted by Gasteiger charge is -2.35. The Kier molecular flexibility index (Phi) is 10.6. The number of esters is 1. The highest BCUT2D eigenvalue weighted by atomic mass is 32.2. The highest BCUT2D eigenvalue weighted by Gasteiger charge is 2.61. The summed E-state index contributed by atoms with van der Waals surface area (Å²) in [6.07, 6.45) is 4.48. The number of ketones is 1. The maximum absolute atomic E-state index is 14.5. The van der Waals surface area contributed by atoms with E-state index in [2.05, 4.69) is 16.9 Å². The van der Waals surface area contributed by atoms with E-state index in [1.165, 1.54) is 4.90 Å². The number of carbonyl (C=O) groups excluding carboxylic acids is 4. The van der Waals surface area contributed by atoms with E-state index in [1.807, 2.05) is 26.8 Å². The lowest BCUT2D eigenvalue weighted by molar-refractivity contribution is -0.161. The Morgan fingerprint density at radius 3 is 2.39 bits per heavy atom. The summed E-state index contributed by atoms with van der Waals surface area (Å²) >= 11 is 0. The van der Waals surface area contributed by atoms with Gasteiger partial charge in [0.05, 0.1) is 36.8 Å². The van der Waals surface area contributed by atoms with Crippen molar-refractivity contribution in [2.45, 2.75) is 109 Å². The molecule has 13 heteroatoms. The second-order valence-electron chi connectivity index (χ2n) is 16.2.